The highest BCUT2D eigenvalue weighted by atomic mass is 16.2. The van der Waals surface area contributed by atoms with Crippen LogP contribution in [0.3, 0.4) is 0 Å². The summed E-state index contributed by atoms with van der Waals surface area (Å²) in [4.78, 5) is 33.0. The quantitative estimate of drug-likeness (QED) is 0.796. The lowest BCUT2D eigenvalue weighted by molar-refractivity contribution is -0.131. The van der Waals surface area contributed by atoms with Gasteiger partial charge < -0.3 is 20.1 Å². The van der Waals surface area contributed by atoms with Gasteiger partial charge in [0.15, 0.2) is 0 Å². The molecule has 6 heteroatoms. The molecule has 2 atom stereocenters. The molecule has 0 unspecified atom stereocenters. The minimum Gasteiger partial charge on any atom is -0.357 e. The van der Waals surface area contributed by atoms with Gasteiger partial charge in [-0.2, -0.15) is 0 Å². The Morgan fingerprint density at radius 2 is 2.00 bits per heavy atom. The number of fused-ring (bicyclic) bond motifs is 5. The van der Waals surface area contributed by atoms with E-state index < -0.39 is 0 Å². The molecule has 6 nitrogen and oxygen atoms in total. The zero-order valence-corrected chi connectivity index (χ0v) is 18.3. The van der Waals surface area contributed by atoms with Crippen molar-refractivity contribution >= 4 is 22.8 Å². The van der Waals surface area contributed by atoms with Crippen molar-refractivity contribution in [3.05, 3.63) is 35.5 Å². The summed E-state index contributed by atoms with van der Waals surface area (Å²) >= 11 is 0. The fraction of sp³-hybridized carbons (Fsp3) is 0.583. The molecule has 5 rings (SSSR count). The van der Waals surface area contributed by atoms with Crippen LogP contribution in [-0.4, -0.2) is 52.4 Å². The number of aromatic amines is 1. The van der Waals surface area contributed by atoms with Crippen molar-refractivity contribution in [2.45, 2.75) is 59.0 Å². The largest absolute Gasteiger partial charge is 0.357 e. The smallest absolute Gasteiger partial charge is 0.318 e. The van der Waals surface area contributed by atoms with Gasteiger partial charge in [-0.15, -0.1) is 0 Å². The zero-order valence-electron chi connectivity index (χ0n) is 18.3. The Morgan fingerprint density at radius 3 is 2.83 bits per heavy atom. The number of H-pyrrole nitrogens is 1. The lowest BCUT2D eigenvalue weighted by atomic mass is 9.65. The number of urea groups is 1. The molecule has 1 aliphatic carbocycles. The van der Waals surface area contributed by atoms with Crippen LogP contribution in [0.4, 0.5) is 4.79 Å². The molecule has 1 aromatic heterocycles. The number of hydrogen-bond acceptors (Lipinski definition) is 2. The Hall–Kier alpha value is -2.50. The lowest BCUT2D eigenvalue weighted by Crippen LogP contribution is -2.48. The molecular formula is C24H32N4O2. The SMILES string of the molecule is CC1(C)C[C@@H]2C[C@](C)(CN2C(=O)CNC(=O)N2CCc3c([nH]c4ccccc34)C2)C1. The first kappa shape index (κ1) is 19.5. The van der Waals surface area contributed by atoms with Crippen LogP contribution in [0.25, 0.3) is 10.9 Å². The summed E-state index contributed by atoms with van der Waals surface area (Å²) in [7, 11) is 0. The van der Waals surface area contributed by atoms with Gasteiger partial charge in [-0.05, 0) is 48.1 Å². The van der Waals surface area contributed by atoms with Gasteiger partial charge in [0.25, 0.3) is 0 Å². The van der Waals surface area contributed by atoms with E-state index in [2.05, 4.69) is 49.3 Å². The Morgan fingerprint density at radius 1 is 1.20 bits per heavy atom. The van der Waals surface area contributed by atoms with Gasteiger partial charge in [-0.3, -0.25) is 4.79 Å². The van der Waals surface area contributed by atoms with E-state index in [4.69, 9.17) is 0 Å². The summed E-state index contributed by atoms with van der Waals surface area (Å²) in [6, 6.07) is 8.44. The predicted octanol–water partition coefficient (Wildman–Crippen LogP) is 3.66. The van der Waals surface area contributed by atoms with Crippen LogP contribution in [0.5, 0.6) is 0 Å². The van der Waals surface area contributed by atoms with E-state index in [1.54, 1.807) is 4.90 Å². The maximum absolute atomic E-state index is 12.9. The highest BCUT2D eigenvalue weighted by molar-refractivity contribution is 5.87. The second-order valence-electron chi connectivity index (χ2n) is 10.7. The van der Waals surface area contributed by atoms with Crippen LogP contribution in [0.15, 0.2) is 24.3 Å². The van der Waals surface area contributed by atoms with Crippen LogP contribution in [0.1, 0.15) is 51.3 Å². The average Bonchev–Trinajstić information content (AvgIpc) is 3.18. The summed E-state index contributed by atoms with van der Waals surface area (Å²) in [5.41, 5.74) is 4.03. The molecule has 3 amide bonds. The Kier molecular flexibility index (Phi) is 4.38. The Labute approximate surface area is 178 Å². The number of carbonyl (C=O) groups is 2. The maximum Gasteiger partial charge on any atom is 0.318 e. The molecule has 2 fully saturated rings. The first-order valence-corrected chi connectivity index (χ1v) is 11.1. The molecule has 2 aromatic rings. The number of rotatable bonds is 2. The Balaban J connectivity index is 1.20. The summed E-state index contributed by atoms with van der Waals surface area (Å²) in [6.07, 6.45) is 4.14. The van der Waals surface area contributed by atoms with Crippen molar-refractivity contribution in [1.82, 2.24) is 20.1 Å². The highest BCUT2D eigenvalue weighted by Crippen LogP contribution is 2.52. The zero-order chi connectivity index (χ0) is 21.1. The number of amides is 3. The predicted molar refractivity (Wildman–Crippen MR) is 117 cm³/mol. The van der Waals surface area contributed by atoms with E-state index in [0.717, 1.165) is 43.4 Å². The standard InChI is InChI=1S/C24H32N4O2/c1-23(2)10-16-11-24(3,14-23)15-28(16)21(29)12-25-22(30)27-9-8-18-17-6-4-5-7-19(17)26-20(18)13-27/h4-7,16,26H,8-15H2,1-3H3,(H,25,30)/t16-,24+/m1/s1. The molecule has 160 valence electrons. The molecule has 30 heavy (non-hydrogen) atoms. The first-order valence-electron chi connectivity index (χ1n) is 11.1. The monoisotopic (exact) mass is 408 g/mol. The van der Waals surface area contributed by atoms with Crippen molar-refractivity contribution in [3.63, 3.8) is 0 Å². The summed E-state index contributed by atoms with van der Waals surface area (Å²) in [5.74, 6) is 0.0538. The van der Waals surface area contributed by atoms with E-state index in [0.29, 0.717) is 19.1 Å². The van der Waals surface area contributed by atoms with Gasteiger partial charge in [0.1, 0.15) is 0 Å². The van der Waals surface area contributed by atoms with Crippen molar-refractivity contribution in [1.29, 1.82) is 0 Å². The fourth-order valence-electron chi connectivity index (χ4n) is 6.48. The van der Waals surface area contributed by atoms with Crippen LogP contribution >= 0.6 is 0 Å². The normalized spacial score (nSPS) is 27.2. The minimum atomic E-state index is -0.152. The molecule has 0 radical (unpaired) electrons. The van der Waals surface area contributed by atoms with Crippen molar-refractivity contribution < 1.29 is 9.59 Å². The number of nitrogens with one attached hydrogen (secondary N) is 2. The lowest BCUT2D eigenvalue weighted by Gasteiger charge is -2.39. The fourth-order valence-corrected chi connectivity index (χ4v) is 6.48. The van der Waals surface area contributed by atoms with Crippen LogP contribution < -0.4 is 5.32 Å². The number of hydrogen-bond donors (Lipinski definition) is 2. The van der Waals surface area contributed by atoms with Crippen LogP contribution in [0, 0.1) is 10.8 Å². The molecule has 1 aromatic carbocycles. The highest BCUT2D eigenvalue weighted by Gasteiger charge is 2.50. The van der Waals surface area contributed by atoms with Gasteiger partial charge in [0.05, 0.1) is 13.1 Å². The average molecular weight is 409 g/mol. The summed E-state index contributed by atoms with van der Waals surface area (Å²) in [6.45, 7) is 9.05. The molecule has 2 bridgehead atoms. The van der Waals surface area contributed by atoms with Gasteiger partial charge in [0, 0.05) is 35.7 Å². The topological polar surface area (TPSA) is 68.4 Å². The van der Waals surface area contributed by atoms with E-state index in [-0.39, 0.29) is 29.3 Å². The molecule has 2 aliphatic heterocycles. The number of nitrogens with zero attached hydrogens (tertiary/aromatic N) is 2. The summed E-state index contributed by atoms with van der Waals surface area (Å²) in [5, 5.41) is 4.14. The third kappa shape index (κ3) is 3.36. The number of likely N-dealkylation sites (tertiary alicyclic amines) is 1. The third-order valence-corrected chi connectivity index (χ3v) is 7.30. The van der Waals surface area contributed by atoms with Crippen molar-refractivity contribution in [2.75, 3.05) is 19.6 Å². The number of carbonyl (C=O) groups excluding carboxylic acids is 2. The van der Waals surface area contributed by atoms with E-state index >= 15 is 0 Å². The molecular weight excluding hydrogens is 376 g/mol. The molecule has 3 aliphatic rings. The van der Waals surface area contributed by atoms with Gasteiger partial charge in [0.2, 0.25) is 5.91 Å². The second-order valence-corrected chi connectivity index (χ2v) is 10.7. The van der Waals surface area contributed by atoms with Crippen LogP contribution in [-0.2, 0) is 17.8 Å². The minimum absolute atomic E-state index is 0.0538. The second kappa shape index (κ2) is 6.76. The molecule has 3 heterocycles. The molecule has 1 saturated heterocycles. The van der Waals surface area contributed by atoms with Crippen molar-refractivity contribution in [2.24, 2.45) is 10.8 Å². The maximum atomic E-state index is 12.9. The van der Waals surface area contributed by atoms with E-state index in [1.807, 2.05) is 11.0 Å². The van der Waals surface area contributed by atoms with Gasteiger partial charge >= 0.3 is 6.03 Å². The summed E-state index contributed by atoms with van der Waals surface area (Å²) < 4.78 is 0. The molecule has 1 saturated carbocycles. The molecule has 0 spiro atoms. The number of aromatic nitrogens is 1. The van der Waals surface area contributed by atoms with E-state index in [1.165, 1.54) is 10.9 Å². The third-order valence-electron chi connectivity index (χ3n) is 7.30. The van der Waals surface area contributed by atoms with Crippen LogP contribution in [0.2, 0.25) is 0 Å². The van der Waals surface area contributed by atoms with Gasteiger partial charge in [-0.1, -0.05) is 39.0 Å². The number of para-hydroxylation sites is 1. The van der Waals surface area contributed by atoms with Gasteiger partial charge in [-0.25, -0.2) is 4.79 Å². The molecule has 2 N–H and O–H groups in total. The van der Waals surface area contributed by atoms with Crippen molar-refractivity contribution in [3.8, 4) is 0 Å². The Bertz CT molecular complexity index is 1010. The first-order chi connectivity index (χ1) is 14.2. The number of benzene rings is 1. The van der Waals surface area contributed by atoms with E-state index in [9.17, 15) is 9.59 Å².